The third kappa shape index (κ3) is 3.71. The van der Waals surface area contributed by atoms with Crippen LogP contribution in [0.3, 0.4) is 0 Å². The lowest BCUT2D eigenvalue weighted by Crippen LogP contribution is -2.50. The molecule has 26 heavy (non-hydrogen) atoms. The van der Waals surface area contributed by atoms with Crippen LogP contribution in [0.4, 0.5) is 4.79 Å². The summed E-state index contributed by atoms with van der Waals surface area (Å²) in [7, 11) is 0. The summed E-state index contributed by atoms with van der Waals surface area (Å²) in [6.07, 6.45) is 5.35. The van der Waals surface area contributed by atoms with Crippen LogP contribution < -0.4 is 0 Å². The molecular formula is C20H33N3O3. The van der Waals surface area contributed by atoms with E-state index in [1.54, 1.807) is 0 Å². The zero-order valence-electron chi connectivity index (χ0n) is 16.5. The van der Waals surface area contributed by atoms with Crippen molar-refractivity contribution in [1.29, 1.82) is 0 Å². The van der Waals surface area contributed by atoms with Crippen molar-refractivity contribution in [3.05, 3.63) is 0 Å². The van der Waals surface area contributed by atoms with Crippen molar-refractivity contribution in [2.45, 2.75) is 64.5 Å². The molecule has 2 saturated heterocycles. The number of piperidine rings is 1. The fraction of sp³-hybridized carbons (Fsp3) is 0.900. The van der Waals surface area contributed by atoms with Crippen LogP contribution in [-0.2, 0) is 9.53 Å². The van der Waals surface area contributed by atoms with E-state index >= 15 is 0 Å². The first-order chi connectivity index (χ1) is 12.3. The van der Waals surface area contributed by atoms with Crippen molar-refractivity contribution < 1.29 is 14.3 Å². The second-order valence-electron chi connectivity index (χ2n) is 9.68. The van der Waals surface area contributed by atoms with Gasteiger partial charge in [-0.05, 0) is 58.3 Å². The number of likely N-dealkylation sites (tertiary alicyclic amines) is 1. The fourth-order valence-electron chi connectivity index (χ4n) is 4.68. The van der Waals surface area contributed by atoms with E-state index in [-0.39, 0.29) is 17.4 Å². The summed E-state index contributed by atoms with van der Waals surface area (Å²) < 4.78 is 5.48. The maximum absolute atomic E-state index is 12.9. The smallest absolute Gasteiger partial charge is 0.410 e. The van der Waals surface area contributed by atoms with Gasteiger partial charge in [-0.2, -0.15) is 0 Å². The van der Waals surface area contributed by atoms with Gasteiger partial charge in [-0.1, -0.05) is 0 Å². The molecular weight excluding hydrogens is 330 g/mol. The quantitative estimate of drug-likeness (QED) is 0.756. The van der Waals surface area contributed by atoms with E-state index in [1.165, 1.54) is 12.8 Å². The van der Waals surface area contributed by atoms with E-state index in [0.29, 0.717) is 19.0 Å². The Balaban J connectivity index is 1.25. The van der Waals surface area contributed by atoms with E-state index < -0.39 is 5.60 Å². The summed E-state index contributed by atoms with van der Waals surface area (Å²) in [5, 5.41) is 0. The Labute approximate surface area is 156 Å². The van der Waals surface area contributed by atoms with E-state index in [9.17, 15) is 9.59 Å². The minimum atomic E-state index is -0.451. The minimum absolute atomic E-state index is 0.156. The van der Waals surface area contributed by atoms with Crippen molar-refractivity contribution in [2.24, 2.45) is 11.3 Å². The highest BCUT2D eigenvalue weighted by Gasteiger charge is 2.59. The van der Waals surface area contributed by atoms with Gasteiger partial charge in [0.05, 0.1) is 0 Å². The molecule has 0 aromatic heterocycles. The summed E-state index contributed by atoms with van der Waals surface area (Å²) in [6.45, 7) is 11.0. The normalized spacial score (nSPS) is 29.0. The van der Waals surface area contributed by atoms with Gasteiger partial charge in [-0.25, -0.2) is 4.79 Å². The number of hydrogen-bond acceptors (Lipinski definition) is 4. The summed E-state index contributed by atoms with van der Waals surface area (Å²) in [5.74, 6) is 0.557. The van der Waals surface area contributed by atoms with Crippen molar-refractivity contribution in [3.8, 4) is 0 Å². The molecule has 4 rings (SSSR count). The molecule has 146 valence electrons. The fourth-order valence-corrected chi connectivity index (χ4v) is 4.68. The molecule has 2 amide bonds. The molecule has 2 heterocycles. The van der Waals surface area contributed by atoms with Crippen LogP contribution in [-0.4, -0.2) is 77.6 Å². The van der Waals surface area contributed by atoms with E-state index in [1.807, 2.05) is 25.7 Å². The number of piperazine rings is 1. The molecule has 2 aliphatic heterocycles. The lowest BCUT2D eigenvalue weighted by atomic mass is 9.90. The van der Waals surface area contributed by atoms with Crippen molar-refractivity contribution in [2.75, 3.05) is 39.3 Å². The standard InChI is InChI=1S/C20H33N3O3/c1-19(2,3)26-18(25)23-8-6-20(7-9-23)14-16(20)17(24)22-12-10-21(11-13-22)15-4-5-15/h15-16H,4-14H2,1-3H3. The van der Waals surface area contributed by atoms with E-state index in [2.05, 4.69) is 9.80 Å². The van der Waals surface area contributed by atoms with Crippen molar-refractivity contribution in [3.63, 3.8) is 0 Å². The number of amides is 2. The number of hydrogen-bond donors (Lipinski definition) is 0. The first kappa shape index (κ1) is 18.1. The predicted molar refractivity (Wildman–Crippen MR) is 98.8 cm³/mol. The lowest BCUT2D eigenvalue weighted by Gasteiger charge is -2.37. The highest BCUT2D eigenvalue weighted by atomic mass is 16.6. The maximum Gasteiger partial charge on any atom is 0.410 e. The Morgan fingerprint density at radius 1 is 0.923 bits per heavy atom. The number of carbonyl (C=O) groups excluding carboxylic acids is 2. The van der Waals surface area contributed by atoms with Crippen LogP contribution in [0.1, 0.15) is 52.9 Å². The highest BCUT2D eigenvalue weighted by Crippen LogP contribution is 2.60. The Kier molecular flexibility index (Phi) is 4.45. The molecule has 1 atom stereocenters. The number of nitrogens with zero attached hydrogens (tertiary/aromatic N) is 3. The molecule has 1 unspecified atom stereocenters. The molecule has 6 nitrogen and oxygen atoms in total. The lowest BCUT2D eigenvalue weighted by molar-refractivity contribution is -0.135. The Morgan fingerprint density at radius 3 is 2.08 bits per heavy atom. The molecule has 6 heteroatoms. The number of ether oxygens (including phenoxy) is 1. The van der Waals surface area contributed by atoms with E-state index in [4.69, 9.17) is 4.74 Å². The second kappa shape index (κ2) is 6.39. The zero-order chi connectivity index (χ0) is 18.5. The van der Waals surface area contributed by atoms with E-state index in [0.717, 1.165) is 51.5 Å². The molecule has 0 aromatic carbocycles. The predicted octanol–water partition coefficient (Wildman–Crippen LogP) is 2.33. The van der Waals surface area contributed by atoms with Gasteiger partial charge in [0.15, 0.2) is 0 Å². The van der Waals surface area contributed by atoms with Gasteiger partial charge >= 0.3 is 6.09 Å². The largest absolute Gasteiger partial charge is 0.444 e. The summed E-state index contributed by atoms with van der Waals surface area (Å²) in [4.78, 5) is 31.6. The van der Waals surface area contributed by atoms with Crippen LogP contribution >= 0.6 is 0 Å². The first-order valence-corrected chi connectivity index (χ1v) is 10.3. The number of rotatable bonds is 2. The van der Waals surface area contributed by atoms with Gasteiger partial charge in [-0.3, -0.25) is 9.69 Å². The van der Waals surface area contributed by atoms with Crippen LogP contribution in [0.25, 0.3) is 0 Å². The summed E-state index contributed by atoms with van der Waals surface area (Å²) >= 11 is 0. The average Bonchev–Trinajstić information content (AvgIpc) is 3.50. The monoisotopic (exact) mass is 363 g/mol. The molecule has 4 aliphatic rings. The second-order valence-corrected chi connectivity index (χ2v) is 9.68. The number of carbonyl (C=O) groups is 2. The molecule has 1 spiro atoms. The molecule has 0 N–H and O–H groups in total. The molecule has 0 bridgehead atoms. The highest BCUT2D eigenvalue weighted by molar-refractivity contribution is 5.83. The summed E-state index contributed by atoms with van der Waals surface area (Å²) in [5.41, 5.74) is -0.296. The zero-order valence-corrected chi connectivity index (χ0v) is 16.5. The third-order valence-electron chi connectivity index (χ3n) is 6.59. The molecule has 4 fully saturated rings. The Hall–Kier alpha value is -1.30. The Bertz CT molecular complexity index is 565. The van der Waals surface area contributed by atoms with Crippen molar-refractivity contribution >= 4 is 12.0 Å². The first-order valence-electron chi connectivity index (χ1n) is 10.3. The van der Waals surface area contributed by atoms with Crippen LogP contribution in [0.15, 0.2) is 0 Å². The van der Waals surface area contributed by atoms with Crippen LogP contribution in [0.2, 0.25) is 0 Å². The van der Waals surface area contributed by atoms with Gasteiger partial charge in [0.25, 0.3) is 0 Å². The average molecular weight is 364 g/mol. The van der Waals surface area contributed by atoms with Gasteiger partial charge in [-0.15, -0.1) is 0 Å². The van der Waals surface area contributed by atoms with Crippen LogP contribution in [0, 0.1) is 11.3 Å². The van der Waals surface area contributed by atoms with Gasteiger partial charge in [0.2, 0.25) is 5.91 Å². The van der Waals surface area contributed by atoms with Gasteiger partial charge in [0, 0.05) is 51.2 Å². The van der Waals surface area contributed by atoms with Crippen molar-refractivity contribution in [1.82, 2.24) is 14.7 Å². The van der Waals surface area contributed by atoms with Gasteiger partial charge in [0.1, 0.15) is 5.60 Å². The SMILES string of the molecule is CC(C)(C)OC(=O)N1CCC2(CC1)CC2C(=O)N1CCN(C2CC2)CC1. The third-order valence-corrected chi connectivity index (χ3v) is 6.59. The molecule has 0 aromatic rings. The van der Waals surface area contributed by atoms with Crippen LogP contribution in [0.5, 0.6) is 0 Å². The molecule has 0 radical (unpaired) electrons. The minimum Gasteiger partial charge on any atom is -0.444 e. The summed E-state index contributed by atoms with van der Waals surface area (Å²) in [6, 6.07) is 0.803. The Morgan fingerprint density at radius 2 is 1.54 bits per heavy atom. The maximum atomic E-state index is 12.9. The molecule has 2 saturated carbocycles. The molecule has 2 aliphatic carbocycles. The topological polar surface area (TPSA) is 53.1 Å². The van der Waals surface area contributed by atoms with Gasteiger partial charge < -0.3 is 14.5 Å².